The minimum atomic E-state index is -1.51. The molecule has 1 heterocycles. The summed E-state index contributed by atoms with van der Waals surface area (Å²) < 4.78 is 29.4. The molecule has 0 radical (unpaired) electrons. The summed E-state index contributed by atoms with van der Waals surface area (Å²) in [5.41, 5.74) is 1.15. The molecule has 1 aliphatic rings. The third-order valence-electron chi connectivity index (χ3n) is 5.42. The van der Waals surface area contributed by atoms with E-state index in [4.69, 9.17) is 0 Å². The van der Waals surface area contributed by atoms with Gasteiger partial charge in [0.2, 0.25) is 6.41 Å². The van der Waals surface area contributed by atoms with Gasteiger partial charge in [-0.05, 0) is 25.8 Å². The van der Waals surface area contributed by atoms with Crippen LogP contribution >= 0.6 is 0 Å². The van der Waals surface area contributed by atoms with E-state index in [0.717, 1.165) is 31.2 Å². The number of nitrogens with one attached hydrogen (secondary N) is 2. The van der Waals surface area contributed by atoms with Crippen molar-refractivity contribution in [3.05, 3.63) is 46.5 Å². The minimum absolute atomic E-state index is 0.0486. The van der Waals surface area contributed by atoms with Gasteiger partial charge in [-0.3, -0.25) is 9.59 Å². The maximum absolute atomic E-state index is 15.1. The number of nitrogens with zero attached hydrogens (tertiary/aromatic N) is 1. The van der Waals surface area contributed by atoms with Crippen LogP contribution in [0.5, 0.6) is 0 Å². The van der Waals surface area contributed by atoms with Crippen LogP contribution in [0.3, 0.4) is 0 Å². The summed E-state index contributed by atoms with van der Waals surface area (Å²) in [6.07, 6.45) is 2.29. The quantitative estimate of drug-likeness (QED) is 0.611. The first-order valence-corrected chi connectivity index (χ1v) is 10.2. The van der Waals surface area contributed by atoms with Gasteiger partial charge >= 0.3 is 0 Å². The highest BCUT2D eigenvalue weighted by Crippen LogP contribution is 2.33. The summed E-state index contributed by atoms with van der Waals surface area (Å²) in [4.78, 5) is 25.9. The summed E-state index contributed by atoms with van der Waals surface area (Å²) in [5.74, 6) is -0.706. The van der Waals surface area contributed by atoms with Crippen LogP contribution in [-0.2, 0) is 9.59 Å². The predicted octanol–water partition coefficient (Wildman–Crippen LogP) is 3.89. The van der Waals surface area contributed by atoms with E-state index in [1.54, 1.807) is 31.0 Å². The van der Waals surface area contributed by atoms with Crippen LogP contribution in [-0.4, -0.2) is 36.5 Å². The number of alkyl halides is 1. The minimum Gasteiger partial charge on any atom is -0.361 e. The highest BCUT2D eigenvalue weighted by Gasteiger charge is 2.36. The van der Waals surface area contributed by atoms with Crippen molar-refractivity contribution in [3.63, 3.8) is 0 Å². The molecule has 0 spiro atoms. The second-order valence-electron chi connectivity index (χ2n) is 7.63. The molecular weight excluding hydrogens is 376 g/mol. The summed E-state index contributed by atoms with van der Waals surface area (Å²) in [5, 5.41) is 5.33. The Bertz CT molecular complexity index is 760. The number of likely N-dealkylation sites (N-methyl/N-ethyl adjacent to an activating group) is 1. The maximum Gasteiger partial charge on any atom is 0.253 e. The molecule has 2 N–H and O–H groups in total. The van der Waals surface area contributed by atoms with E-state index in [1.165, 1.54) is 6.07 Å². The highest BCUT2D eigenvalue weighted by molar-refractivity contribution is 5.94. The molecule has 1 aromatic rings. The molecular formula is C22H31F2N3O2. The first-order valence-electron chi connectivity index (χ1n) is 10.2. The van der Waals surface area contributed by atoms with Crippen LogP contribution in [0.1, 0.15) is 63.1 Å². The molecule has 5 nitrogen and oxygen atoms in total. The zero-order chi connectivity index (χ0) is 21.6. The van der Waals surface area contributed by atoms with Crippen molar-refractivity contribution in [1.82, 2.24) is 15.5 Å². The smallest absolute Gasteiger partial charge is 0.253 e. The van der Waals surface area contributed by atoms with Crippen LogP contribution in [0.25, 0.3) is 0 Å². The Hall–Kier alpha value is -2.44. The van der Waals surface area contributed by atoms with E-state index in [-0.39, 0.29) is 35.3 Å². The van der Waals surface area contributed by atoms with Crippen LogP contribution in [0.15, 0.2) is 29.6 Å². The molecule has 0 aliphatic carbocycles. The lowest BCUT2D eigenvalue weighted by atomic mass is 9.91. The Kier molecular flexibility index (Phi) is 8.17. The normalized spacial score (nSPS) is 19.1. The molecule has 2 unspecified atom stereocenters. The fraction of sp³-hybridized carbons (Fsp3) is 0.545. The number of rotatable bonds is 9. The standard InChI is InChI=1S/C22H31F2N3O2/c1-5-7-15(8-6-2)27(4)22(29)17-12-19(24)20(26-21(17)25-13-28)16-11-14(3)9-10-18(16)23/h9-11,13,15,19-20,26H,5-8,12H2,1-4H3,(H,25,28). The number of hydrogen-bond donors (Lipinski definition) is 2. The van der Waals surface area contributed by atoms with Gasteiger partial charge in [-0.1, -0.05) is 44.4 Å². The molecule has 0 saturated heterocycles. The lowest BCUT2D eigenvalue weighted by Crippen LogP contribution is -2.46. The fourth-order valence-electron chi connectivity index (χ4n) is 3.88. The average Bonchev–Trinajstić information content (AvgIpc) is 2.70. The fourth-order valence-corrected chi connectivity index (χ4v) is 3.88. The van der Waals surface area contributed by atoms with E-state index in [2.05, 4.69) is 24.5 Å². The molecule has 0 bridgehead atoms. The molecule has 1 aromatic carbocycles. The van der Waals surface area contributed by atoms with Gasteiger partial charge in [0.15, 0.2) is 0 Å². The van der Waals surface area contributed by atoms with Gasteiger partial charge in [0.1, 0.15) is 17.8 Å². The maximum atomic E-state index is 15.1. The second kappa shape index (κ2) is 10.4. The summed E-state index contributed by atoms with van der Waals surface area (Å²) in [6, 6.07) is 3.55. The van der Waals surface area contributed by atoms with Crippen molar-refractivity contribution >= 4 is 12.3 Å². The van der Waals surface area contributed by atoms with Crippen molar-refractivity contribution in [2.24, 2.45) is 0 Å². The van der Waals surface area contributed by atoms with E-state index in [9.17, 15) is 14.0 Å². The van der Waals surface area contributed by atoms with E-state index in [1.807, 2.05) is 0 Å². The first-order chi connectivity index (χ1) is 13.8. The number of halogens is 2. The predicted molar refractivity (Wildman–Crippen MR) is 109 cm³/mol. The summed E-state index contributed by atoms with van der Waals surface area (Å²) >= 11 is 0. The van der Waals surface area contributed by atoms with Crippen LogP contribution in [0.2, 0.25) is 0 Å². The zero-order valence-corrected chi connectivity index (χ0v) is 17.6. The van der Waals surface area contributed by atoms with E-state index >= 15 is 4.39 Å². The van der Waals surface area contributed by atoms with E-state index < -0.39 is 18.0 Å². The van der Waals surface area contributed by atoms with Gasteiger partial charge in [-0.2, -0.15) is 0 Å². The molecule has 0 fully saturated rings. The van der Waals surface area contributed by atoms with Gasteiger partial charge in [0.25, 0.3) is 5.91 Å². The second-order valence-corrected chi connectivity index (χ2v) is 7.63. The molecule has 2 atom stereocenters. The Balaban J connectivity index is 2.36. The van der Waals surface area contributed by atoms with Crippen LogP contribution in [0, 0.1) is 12.7 Å². The van der Waals surface area contributed by atoms with Gasteiger partial charge in [0, 0.05) is 25.1 Å². The van der Waals surface area contributed by atoms with E-state index in [0.29, 0.717) is 6.41 Å². The van der Waals surface area contributed by atoms with Crippen LogP contribution < -0.4 is 10.6 Å². The molecule has 7 heteroatoms. The largest absolute Gasteiger partial charge is 0.361 e. The third kappa shape index (κ3) is 5.34. The summed E-state index contributed by atoms with van der Waals surface area (Å²) in [6.45, 7) is 5.91. The number of benzene rings is 1. The average molecular weight is 408 g/mol. The summed E-state index contributed by atoms with van der Waals surface area (Å²) in [7, 11) is 1.71. The molecule has 0 saturated carbocycles. The van der Waals surface area contributed by atoms with Crippen molar-refractivity contribution in [2.45, 2.75) is 71.1 Å². The number of carbonyl (C=O) groups is 2. The molecule has 160 valence electrons. The van der Waals surface area contributed by atoms with Gasteiger partial charge in [-0.15, -0.1) is 0 Å². The number of carbonyl (C=O) groups excluding carboxylic acids is 2. The Labute approximate surface area is 171 Å². The topological polar surface area (TPSA) is 61.4 Å². The Morgan fingerprint density at radius 1 is 1.34 bits per heavy atom. The number of aryl methyl sites for hydroxylation is 1. The molecule has 29 heavy (non-hydrogen) atoms. The zero-order valence-electron chi connectivity index (χ0n) is 17.6. The highest BCUT2D eigenvalue weighted by atomic mass is 19.1. The Morgan fingerprint density at radius 3 is 2.59 bits per heavy atom. The Morgan fingerprint density at radius 2 is 2.00 bits per heavy atom. The van der Waals surface area contributed by atoms with Gasteiger partial charge < -0.3 is 15.5 Å². The van der Waals surface area contributed by atoms with Crippen molar-refractivity contribution in [1.29, 1.82) is 0 Å². The number of amides is 2. The molecule has 2 rings (SSSR count). The van der Waals surface area contributed by atoms with Crippen LogP contribution in [0.4, 0.5) is 8.78 Å². The SMILES string of the molecule is CCCC(CCC)N(C)C(=O)C1=C(NC=O)NC(c2cc(C)ccc2F)C(F)C1. The molecule has 1 aliphatic heterocycles. The van der Waals surface area contributed by atoms with Gasteiger partial charge in [-0.25, -0.2) is 8.78 Å². The third-order valence-corrected chi connectivity index (χ3v) is 5.42. The van der Waals surface area contributed by atoms with Gasteiger partial charge in [0.05, 0.1) is 11.6 Å². The molecule has 2 amide bonds. The lowest BCUT2D eigenvalue weighted by Gasteiger charge is -2.35. The van der Waals surface area contributed by atoms with Crippen molar-refractivity contribution in [3.8, 4) is 0 Å². The number of hydrogen-bond acceptors (Lipinski definition) is 3. The van der Waals surface area contributed by atoms with Crippen molar-refractivity contribution < 1.29 is 18.4 Å². The van der Waals surface area contributed by atoms with Crippen molar-refractivity contribution in [2.75, 3.05) is 7.05 Å². The lowest BCUT2D eigenvalue weighted by molar-refractivity contribution is -0.128. The monoisotopic (exact) mass is 407 g/mol. The molecule has 0 aromatic heterocycles. The first kappa shape index (κ1) is 22.8.